The van der Waals surface area contributed by atoms with Crippen molar-refractivity contribution in [3.8, 4) is 22.5 Å². The highest BCUT2D eigenvalue weighted by Crippen LogP contribution is 2.27. The van der Waals surface area contributed by atoms with Gasteiger partial charge in [0.1, 0.15) is 0 Å². The van der Waals surface area contributed by atoms with Crippen LogP contribution in [0.5, 0.6) is 0 Å². The average Bonchev–Trinajstić information content (AvgIpc) is 2.55. The average molecular weight is 292 g/mol. The molecule has 0 spiro atoms. The standard InChI is InChI=1S/C17H10ClN3/c1-19-14-9-5-8-13(10-14)16-11-15(20-17(18)21-16)12-6-3-2-4-7-12/h2-11H. The maximum atomic E-state index is 7.09. The highest BCUT2D eigenvalue weighted by molar-refractivity contribution is 6.28. The first kappa shape index (κ1) is 13.3. The van der Waals surface area contributed by atoms with Gasteiger partial charge >= 0.3 is 0 Å². The third-order valence-corrected chi connectivity index (χ3v) is 3.21. The van der Waals surface area contributed by atoms with E-state index < -0.39 is 0 Å². The van der Waals surface area contributed by atoms with E-state index in [-0.39, 0.29) is 5.28 Å². The summed E-state index contributed by atoms with van der Waals surface area (Å²) in [7, 11) is 0. The fraction of sp³-hybridized carbons (Fsp3) is 0. The number of halogens is 1. The number of nitrogens with zero attached hydrogens (tertiary/aromatic N) is 3. The summed E-state index contributed by atoms with van der Waals surface area (Å²) in [4.78, 5) is 12.0. The molecule has 0 amide bonds. The molecule has 4 heteroatoms. The maximum absolute atomic E-state index is 7.09. The van der Waals surface area contributed by atoms with Crippen LogP contribution in [0.3, 0.4) is 0 Å². The summed E-state index contributed by atoms with van der Waals surface area (Å²) >= 11 is 6.04. The third kappa shape index (κ3) is 2.91. The van der Waals surface area contributed by atoms with Gasteiger partial charge in [-0.2, -0.15) is 0 Å². The topological polar surface area (TPSA) is 30.1 Å². The molecule has 0 radical (unpaired) electrons. The summed E-state index contributed by atoms with van der Waals surface area (Å²) in [6.07, 6.45) is 0. The summed E-state index contributed by atoms with van der Waals surface area (Å²) < 4.78 is 0. The number of aromatic nitrogens is 2. The molecule has 21 heavy (non-hydrogen) atoms. The minimum absolute atomic E-state index is 0.194. The molecular formula is C17H10ClN3. The Hall–Kier alpha value is -2.70. The lowest BCUT2D eigenvalue weighted by Gasteiger charge is -2.06. The van der Waals surface area contributed by atoms with E-state index in [0.29, 0.717) is 11.4 Å². The molecule has 3 nitrogen and oxygen atoms in total. The molecule has 0 bridgehead atoms. The lowest BCUT2D eigenvalue weighted by Crippen LogP contribution is -1.91. The lowest BCUT2D eigenvalue weighted by molar-refractivity contribution is 1.18. The van der Waals surface area contributed by atoms with Crippen LogP contribution in [-0.2, 0) is 0 Å². The van der Waals surface area contributed by atoms with E-state index in [1.54, 1.807) is 12.1 Å². The van der Waals surface area contributed by atoms with Gasteiger partial charge < -0.3 is 0 Å². The molecule has 1 heterocycles. The van der Waals surface area contributed by atoms with Crippen LogP contribution in [-0.4, -0.2) is 9.97 Å². The second kappa shape index (κ2) is 5.74. The normalized spacial score (nSPS) is 10.1. The summed E-state index contributed by atoms with van der Waals surface area (Å²) in [5.41, 5.74) is 3.87. The Balaban J connectivity index is 2.12. The van der Waals surface area contributed by atoms with Crippen molar-refractivity contribution < 1.29 is 0 Å². The first-order chi connectivity index (χ1) is 10.3. The van der Waals surface area contributed by atoms with Crippen LogP contribution in [0.4, 0.5) is 5.69 Å². The number of hydrogen-bond donors (Lipinski definition) is 0. The highest BCUT2D eigenvalue weighted by Gasteiger charge is 2.07. The zero-order chi connectivity index (χ0) is 14.7. The van der Waals surface area contributed by atoms with Crippen LogP contribution in [0.15, 0.2) is 60.7 Å². The zero-order valence-electron chi connectivity index (χ0n) is 11.0. The summed E-state index contributed by atoms with van der Waals surface area (Å²) in [5.74, 6) is 0. The van der Waals surface area contributed by atoms with Crippen molar-refractivity contribution in [3.05, 3.63) is 77.4 Å². The van der Waals surface area contributed by atoms with E-state index in [0.717, 1.165) is 16.8 Å². The molecule has 2 aromatic carbocycles. The maximum Gasteiger partial charge on any atom is 0.223 e. The van der Waals surface area contributed by atoms with Crippen LogP contribution in [0.25, 0.3) is 27.4 Å². The second-order valence-electron chi connectivity index (χ2n) is 4.44. The SMILES string of the molecule is [C-]#[N+]c1cccc(-c2cc(-c3ccccc3)nc(Cl)n2)c1. The van der Waals surface area contributed by atoms with E-state index in [1.807, 2.05) is 48.5 Å². The van der Waals surface area contributed by atoms with Crippen LogP contribution in [0, 0.1) is 6.57 Å². The van der Waals surface area contributed by atoms with Gasteiger partial charge in [0.05, 0.1) is 18.0 Å². The molecule has 0 N–H and O–H groups in total. The Morgan fingerprint density at radius 1 is 0.810 bits per heavy atom. The molecule has 0 aliphatic rings. The van der Waals surface area contributed by atoms with Gasteiger partial charge in [-0.3, -0.25) is 0 Å². The molecule has 0 unspecified atom stereocenters. The number of benzene rings is 2. The molecule has 1 aromatic heterocycles. The van der Waals surface area contributed by atoms with Crippen LogP contribution >= 0.6 is 11.6 Å². The first-order valence-corrected chi connectivity index (χ1v) is 6.72. The van der Waals surface area contributed by atoms with E-state index in [4.69, 9.17) is 18.2 Å². The Morgan fingerprint density at radius 2 is 1.48 bits per heavy atom. The predicted molar refractivity (Wildman–Crippen MR) is 84.2 cm³/mol. The molecule has 3 rings (SSSR count). The first-order valence-electron chi connectivity index (χ1n) is 6.34. The quantitative estimate of drug-likeness (QED) is 0.490. The van der Waals surface area contributed by atoms with Crippen molar-refractivity contribution >= 4 is 17.3 Å². The van der Waals surface area contributed by atoms with Crippen molar-refractivity contribution in [2.24, 2.45) is 0 Å². The summed E-state index contributed by atoms with van der Waals surface area (Å²) in [5, 5.41) is 0.194. The molecule has 0 fully saturated rings. The second-order valence-corrected chi connectivity index (χ2v) is 4.77. The fourth-order valence-corrected chi connectivity index (χ4v) is 2.24. The van der Waals surface area contributed by atoms with Crippen LogP contribution < -0.4 is 0 Å². The molecule has 0 saturated carbocycles. The van der Waals surface area contributed by atoms with Crippen molar-refractivity contribution in [2.75, 3.05) is 0 Å². The fourth-order valence-electron chi connectivity index (χ4n) is 2.06. The summed E-state index contributed by atoms with van der Waals surface area (Å²) in [6, 6.07) is 19.0. The number of hydrogen-bond acceptors (Lipinski definition) is 2. The van der Waals surface area contributed by atoms with Gasteiger partial charge in [0.25, 0.3) is 0 Å². The molecule has 0 aliphatic carbocycles. The van der Waals surface area contributed by atoms with Gasteiger partial charge in [0.2, 0.25) is 5.28 Å². The molecular weight excluding hydrogens is 282 g/mol. The Bertz CT molecular complexity index is 823. The number of rotatable bonds is 2. The van der Waals surface area contributed by atoms with Gasteiger partial charge in [0, 0.05) is 5.56 Å². The van der Waals surface area contributed by atoms with Crippen molar-refractivity contribution in [2.45, 2.75) is 0 Å². The van der Waals surface area contributed by atoms with Gasteiger partial charge in [-0.15, -0.1) is 0 Å². The zero-order valence-corrected chi connectivity index (χ0v) is 11.7. The molecule has 0 atom stereocenters. The molecule has 0 saturated heterocycles. The summed E-state index contributed by atoms with van der Waals surface area (Å²) in [6.45, 7) is 7.09. The Kier molecular flexibility index (Phi) is 3.63. The Labute approximate surface area is 127 Å². The van der Waals surface area contributed by atoms with E-state index in [9.17, 15) is 0 Å². The molecule has 3 aromatic rings. The molecule has 100 valence electrons. The van der Waals surface area contributed by atoms with Crippen molar-refractivity contribution in [1.82, 2.24) is 9.97 Å². The van der Waals surface area contributed by atoms with E-state index in [2.05, 4.69) is 14.8 Å². The van der Waals surface area contributed by atoms with E-state index >= 15 is 0 Å². The monoisotopic (exact) mass is 291 g/mol. The van der Waals surface area contributed by atoms with Gasteiger partial charge in [0.15, 0.2) is 5.69 Å². The van der Waals surface area contributed by atoms with Crippen molar-refractivity contribution in [1.29, 1.82) is 0 Å². The highest BCUT2D eigenvalue weighted by atomic mass is 35.5. The third-order valence-electron chi connectivity index (χ3n) is 3.04. The predicted octanol–water partition coefficient (Wildman–Crippen LogP) is 5.01. The minimum atomic E-state index is 0.194. The largest absolute Gasteiger partial charge is 0.238 e. The van der Waals surface area contributed by atoms with Crippen LogP contribution in [0.1, 0.15) is 0 Å². The van der Waals surface area contributed by atoms with Crippen molar-refractivity contribution in [3.63, 3.8) is 0 Å². The molecule has 0 aliphatic heterocycles. The smallest absolute Gasteiger partial charge is 0.223 e. The van der Waals surface area contributed by atoms with E-state index in [1.165, 1.54) is 0 Å². The van der Waals surface area contributed by atoms with Crippen LogP contribution in [0.2, 0.25) is 5.28 Å². The Morgan fingerprint density at radius 3 is 2.19 bits per heavy atom. The minimum Gasteiger partial charge on any atom is -0.238 e. The van der Waals surface area contributed by atoms with Gasteiger partial charge in [-0.25, -0.2) is 14.8 Å². The van der Waals surface area contributed by atoms with Gasteiger partial charge in [-0.05, 0) is 29.3 Å². The van der Waals surface area contributed by atoms with Gasteiger partial charge in [-0.1, -0.05) is 48.5 Å². The lowest BCUT2D eigenvalue weighted by atomic mass is 10.1.